The molecule has 0 aliphatic heterocycles. The average Bonchev–Trinajstić information content (AvgIpc) is 3.54. The van der Waals surface area contributed by atoms with Gasteiger partial charge in [0.25, 0.3) is 0 Å². The topological polar surface area (TPSA) is 13.1 Å². The Morgan fingerprint density at radius 1 is 0.245 bits per heavy atom. The monoisotopic (exact) mass is 620 g/mol. The van der Waals surface area contributed by atoms with E-state index in [1.165, 1.54) is 86.9 Å². The summed E-state index contributed by atoms with van der Waals surface area (Å²) in [6, 6.07) is 62.2. The second-order valence-electron chi connectivity index (χ2n) is 13.2. The molecule has 10 aromatic carbocycles. The number of hydrogen-bond acceptors (Lipinski definition) is 1. The summed E-state index contributed by atoms with van der Waals surface area (Å²) in [6.45, 7) is 0. The summed E-state index contributed by atoms with van der Waals surface area (Å²) in [5, 5.41) is 17.5. The highest BCUT2D eigenvalue weighted by Gasteiger charge is 2.17. The van der Waals surface area contributed by atoms with Crippen LogP contribution in [0.2, 0.25) is 0 Å². The molecule has 0 N–H and O–H groups in total. The van der Waals surface area contributed by atoms with Crippen LogP contribution in [0, 0.1) is 0 Å². The van der Waals surface area contributed by atoms with Crippen LogP contribution in [0.25, 0.3) is 109 Å². The van der Waals surface area contributed by atoms with E-state index in [0.717, 1.165) is 21.9 Å². The minimum atomic E-state index is 0.927. The summed E-state index contributed by atoms with van der Waals surface area (Å²) < 4.78 is 6.36. The summed E-state index contributed by atoms with van der Waals surface area (Å²) >= 11 is 0. The van der Waals surface area contributed by atoms with Gasteiger partial charge in [0, 0.05) is 10.8 Å². The predicted octanol–water partition coefficient (Wildman–Crippen LogP) is 13.8. The fraction of sp³-hybridized carbons (Fsp3) is 0. The van der Waals surface area contributed by atoms with Gasteiger partial charge >= 0.3 is 0 Å². The molecular weight excluding hydrogens is 593 g/mol. The third-order valence-corrected chi connectivity index (χ3v) is 10.6. The normalized spacial score (nSPS) is 12.1. The molecule has 0 unspecified atom stereocenters. The van der Waals surface area contributed by atoms with E-state index in [1.54, 1.807) is 0 Å². The molecule has 0 saturated carbocycles. The summed E-state index contributed by atoms with van der Waals surface area (Å²) in [7, 11) is 0. The van der Waals surface area contributed by atoms with E-state index >= 15 is 0 Å². The van der Waals surface area contributed by atoms with Gasteiger partial charge in [-0.3, -0.25) is 0 Å². The van der Waals surface area contributed by atoms with Gasteiger partial charge in [-0.25, -0.2) is 0 Å². The van der Waals surface area contributed by atoms with Crippen LogP contribution in [0.3, 0.4) is 0 Å². The van der Waals surface area contributed by atoms with E-state index in [4.69, 9.17) is 4.42 Å². The molecule has 0 aliphatic rings. The Hall–Kier alpha value is -6.44. The number of hydrogen-bond donors (Lipinski definition) is 0. The van der Waals surface area contributed by atoms with Crippen molar-refractivity contribution in [3.8, 4) is 22.3 Å². The van der Waals surface area contributed by atoms with Crippen molar-refractivity contribution in [3.05, 3.63) is 170 Å². The Morgan fingerprint density at radius 2 is 0.755 bits per heavy atom. The van der Waals surface area contributed by atoms with Crippen molar-refractivity contribution in [2.24, 2.45) is 0 Å². The fourth-order valence-electron chi connectivity index (χ4n) is 8.40. The van der Waals surface area contributed by atoms with Crippen molar-refractivity contribution in [1.29, 1.82) is 0 Å². The molecule has 49 heavy (non-hydrogen) atoms. The molecule has 0 amide bonds. The van der Waals surface area contributed by atoms with Crippen LogP contribution in [0.4, 0.5) is 0 Å². The Morgan fingerprint density at radius 3 is 1.51 bits per heavy atom. The summed E-state index contributed by atoms with van der Waals surface area (Å²) in [6.07, 6.45) is 0. The van der Waals surface area contributed by atoms with Crippen molar-refractivity contribution in [2.45, 2.75) is 0 Å². The lowest BCUT2D eigenvalue weighted by molar-refractivity contribution is 0.669. The highest BCUT2D eigenvalue weighted by atomic mass is 16.3. The number of furan rings is 1. The molecule has 1 heteroatoms. The van der Waals surface area contributed by atoms with Gasteiger partial charge in [0.1, 0.15) is 11.2 Å². The van der Waals surface area contributed by atoms with E-state index in [0.29, 0.717) is 0 Å². The summed E-state index contributed by atoms with van der Waals surface area (Å²) in [5.41, 5.74) is 6.84. The Bertz CT molecular complexity index is 3160. The van der Waals surface area contributed by atoms with Gasteiger partial charge in [0.2, 0.25) is 0 Å². The highest BCUT2D eigenvalue weighted by molar-refractivity contribution is 6.29. The quantitative estimate of drug-likeness (QED) is 0.175. The van der Waals surface area contributed by atoms with Crippen molar-refractivity contribution in [3.63, 3.8) is 0 Å². The lowest BCUT2D eigenvalue weighted by atomic mass is 9.87. The number of benzene rings is 10. The molecule has 0 saturated heterocycles. The molecule has 0 bridgehead atoms. The second-order valence-corrected chi connectivity index (χ2v) is 13.2. The number of fused-ring (bicyclic) bond motifs is 13. The van der Waals surface area contributed by atoms with Crippen LogP contribution in [0.1, 0.15) is 0 Å². The maximum atomic E-state index is 6.36. The van der Waals surface area contributed by atoms with Crippen LogP contribution < -0.4 is 0 Å². The van der Waals surface area contributed by atoms with Crippen LogP contribution in [-0.2, 0) is 0 Å². The van der Waals surface area contributed by atoms with Gasteiger partial charge in [0.15, 0.2) is 0 Å². The van der Waals surface area contributed by atoms with Gasteiger partial charge in [-0.15, -0.1) is 0 Å². The van der Waals surface area contributed by atoms with Crippen molar-refractivity contribution in [1.82, 2.24) is 0 Å². The van der Waals surface area contributed by atoms with E-state index in [1.807, 2.05) is 6.07 Å². The average molecular weight is 621 g/mol. The standard InChI is InChI=1S/C48H28O/c1-2-12-31-29(11-1)25-42(36-16-6-4-13-33(31)36)39-24-23-32(34-14-3-5-15-35(34)39)30-21-22-40-43(26-30)37-17-7-8-18-38(37)44-27-46-41-19-9-10-20-47(41)49-48(46)28-45(40)44/h1-28H. The van der Waals surface area contributed by atoms with E-state index in [-0.39, 0.29) is 0 Å². The van der Waals surface area contributed by atoms with Gasteiger partial charge in [-0.1, -0.05) is 140 Å². The third kappa shape index (κ3) is 3.82. The van der Waals surface area contributed by atoms with Gasteiger partial charge in [-0.2, -0.15) is 0 Å². The zero-order valence-corrected chi connectivity index (χ0v) is 26.6. The van der Waals surface area contributed by atoms with Crippen LogP contribution in [-0.4, -0.2) is 0 Å². The molecule has 0 atom stereocenters. The van der Waals surface area contributed by atoms with E-state index in [2.05, 4.69) is 164 Å². The minimum Gasteiger partial charge on any atom is -0.456 e. The third-order valence-electron chi connectivity index (χ3n) is 10.6. The van der Waals surface area contributed by atoms with Crippen molar-refractivity contribution < 1.29 is 4.42 Å². The lowest BCUT2D eigenvalue weighted by Crippen LogP contribution is -1.89. The van der Waals surface area contributed by atoms with Gasteiger partial charge < -0.3 is 4.42 Å². The number of para-hydroxylation sites is 1. The molecule has 0 aliphatic carbocycles. The highest BCUT2D eigenvalue weighted by Crippen LogP contribution is 2.44. The van der Waals surface area contributed by atoms with Crippen LogP contribution in [0.5, 0.6) is 0 Å². The number of rotatable bonds is 2. The lowest BCUT2D eigenvalue weighted by Gasteiger charge is -2.16. The Labute approximate surface area is 282 Å². The molecule has 226 valence electrons. The molecule has 0 fully saturated rings. The molecular formula is C48H28O. The maximum absolute atomic E-state index is 6.36. The molecule has 11 rings (SSSR count). The van der Waals surface area contributed by atoms with Gasteiger partial charge in [-0.05, 0) is 117 Å². The molecule has 11 aromatic rings. The zero-order chi connectivity index (χ0) is 32.1. The first kappa shape index (κ1) is 26.6. The minimum absolute atomic E-state index is 0.927. The van der Waals surface area contributed by atoms with Crippen LogP contribution >= 0.6 is 0 Å². The summed E-state index contributed by atoms with van der Waals surface area (Å²) in [4.78, 5) is 0. The molecule has 1 heterocycles. The smallest absolute Gasteiger partial charge is 0.136 e. The predicted molar refractivity (Wildman–Crippen MR) is 210 cm³/mol. The van der Waals surface area contributed by atoms with E-state index < -0.39 is 0 Å². The first-order valence-electron chi connectivity index (χ1n) is 16.9. The first-order valence-corrected chi connectivity index (χ1v) is 16.9. The van der Waals surface area contributed by atoms with E-state index in [9.17, 15) is 0 Å². The first-order chi connectivity index (χ1) is 24.3. The SMILES string of the molecule is c1ccc2c(c1)cc(-c1ccc(-c3ccc4c(c3)c3ccccc3c3cc5c(cc43)oc3ccccc35)c3ccccc13)c1ccccc12. The molecule has 0 spiro atoms. The largest absolute Gasteiger partial charge is 0.456 e. The van der Waals surface area contributed by atoms with Crippen molar-refractivity contribution >= 4 is 86.6 Å². The second kappa shape index (κ2) is 10.0. The van der Waals surface area contributed by atoms with Gasteiger partial charge in [0.05, 0.1) is 0 Å². The maximum Gasteiger partial charge on any atom is 0.136 e. The molecule has 1 nitrogen and oxygen atoms in total. The Kier molecular flexibility index (Phi) is 5.45. The molecule has 1 aromatic heterocycles. The van der Waals surface area contributed by atoms with Crippen molar-refractivity contribution in [2.75, 3.05) is 0 Å². The Balaban J connectivity index is 1.17. The molecule has 0 radical (unpaired) electrons. The zero-order valence-electron chi connectivity index (χ0n) is 26.6. The van der Waals surface area contributed by atoms with Crippen LogP contribution in [0.15, 0.2) is 174 Å². The summed E-state index contributed by atoms with van der Waals surface area (Å²) in [5.74, 6) is 0. The fourth-order valence-corrected chi connectivity index (χ4v) is 8.40.